The van der Waals surface area contributed by atoms with Crippen molar-refractivity contribution >= 4 is 11.6 Å². The standard InChI is InChI=1S/C11H16N2O/c1-3-10(14)13-11-8(2)5-4-6-9(11)7-12/h4-6H,3,7,12H2,1-2H3,(H,13,14). The molecule has 1 amide bonds. The Hall–Kier alpha value is -1.35. The lowest BCUT2D eigenvalue weighted by molar-refractivity contribution is -0.115. The van der Waals surface area contributed by atoms with Crippen molar-refractivity contribution in [2.45, 2.75) is 26.8 Å². The minimum absolute atomic E-state index is 0.0222. The van der Waals surface area contributed by atoms with Gasteiger partial charge in [0.05, 0.1) is 0 Å². The van der Waals surface area contributed by atoms with Crippen molar-refractivity contribution in [2.24, 2.45) is 5.73 Å². The van der Waals surface area contributed by atoms with E-state index in [0.29, 0.717) is 13.0 Å². The summed E-state index contributed by atoms with van der Waals surface area (Å²) < 4.78 is 0. The molecule has 1 aromatic carbocycles. The van der Waals surface area contributed by atoms with Crippen molar-refractivity contribution in [2.75, 3.05) is 5.32 Å². The van der Waals surface area contributed by atoms with Gasteiger partial charge in [0, 0.05) is 18.7 Å². The predicted molar refractivity (Wildman–Crippen MR) is 58.0 cm³/mol. The molecule has 3 heteroatoms. The first kappa shape index (κ1) is 10.7. The van der Waals surface area contributed by atoms with Crippen molar-refractivity contribution in [3.05, 3.63) is 29.3 Å². The van der Waals surface area contributed by atoms with Gasteiger partial charge in [0.1, 0.15) is 0 Å². The van der Waals surface area contributed by atoms with Crippen LogP contribution in [0.4, 0.5) is 5.69 Å². The molecule has 1 aromatic rings. The second kappa shape index (κ2) is 4.77. The second-order valence-corrected chi connectivity index (χ2v) is 3.21. The quantitative estimate of drug-likeness (QED) is 0.767. The minimum Gasteiger partial charge on any atom is -0.326 e. The summed E-state index contributed by atoms with van der Waals surface area (Å²) >= 11 is 0. The van der Waals surface area contributed by atoms with Crippen LogP contribution in [0.5, 0.6) is 0 Å². The van der Waals surface area contributed by atoms with Crippen molar-refractivity contribution in [1.82, 2.24) is 0 Å². The highest BCUT2D eigenvalue weighted by atomic mass is 16.1. The highest BCUT2D eigenvalue weighted by Gasteiger charge is 2.06. The maximum Gasteiger partial charge on any atom is 0.224 e. The molecule has 0 unspecified atom stereocenters. The van der Waals surface area contributed by atoms with Crippen molar-refractivity contribution < 1.29 is 4.79 Å². The number of aryl methyl sites for hydroxylation is 1. The zero-order valence-corrected chi connectivity index (χ0v) is 8.63. The van der Waals surface area contributed by atoms with Crippen molar-refractivity contribution in [1.29, 1.82) is 0 Å². The van der Waals surface area contributed by atoms with Gasteiger partial charge in [0.25, 0.3) is 0 Å². The molecule has 1 rings (SSSR count). The summed E-state index contributed by atoms with van der Waals surface area (Å²) in [6, 6.07) is 5.84. The second-order valence-electron chi connectivity index (χ2n) is 3.21. The third kappa shape index (κ3) is 2.33. The molecule has 0 aliphatic carbocycles. The first-order valence-corrected chi connectivity index (χ1v) is 4.77. The van der Waals surface area contributed by atoms with E-state index >= 15 is 0 Å². The van der Waals surface area contributed by atoms with Crippen LogP contribution in [0.2, 0.25) is 0 Å². The number of hydrogen-bond donors (Lipinski definition) is 2. The summed E-state index contributed by atoms with van der Waals surface area (Å²) in [6.45, 7) is 4.24. The lowest BCUT2D eigenvalue weighted by atomic mass is 10.1. The number of rotatable bonds is 3. The molecule has 0 saturated carbocycles. The van der Waals surface area contributed by atoms with Gasteiger partial charge in [-0.15, -0.1) is 0 Å². The zero-order chi connectivity index (χ0) is 10.6. The predicted octanol–water partition coefficient (Wildman–Crippen LogP) is 1.80. The highest BCUT2D eigenvalue weighted by Crippen LogP contribution is 2.19. The van der Waals surface area contributed by atoms with Gasteiger partial charge < -0.3 is 11.1 Å². The molecule has 0 saturated heterocycles. The fourth-order valence-electron chi connectivity index (χ4n) is 1.31. The van der Waals surface area contributed by atoms with Gasteiger partial charge in [0.2, 0.25) is 5.91 Å². The Morgan fingerprint density at radius 1 is 1.50 bits per heavy atom. The molecule has 0 radical (unpaired) electrons. The zero-order valence-electron chi connectivity index (χ0n) is 8.63. The summed E-state index contributed by atoms with van der Waals surface area (Å²) in [7, 11) is 0. The molecular weight excluding hydrogens is 176 g/mol. The monoisotopic (exact) mass is 192 g/mol. The number of amides is 1. The summed E-state index contributed by atoms with van der Waals surface area (Å²) in [6.07, 6.45) is 0.484. The first-order valence-electron chi connectivity index (χ1n) is 4.77. The number of carbonyl (C=O) groups excluding carboxylic acids is 1. The van der Waals surface area contributed by atoms with E-state index in [4.69, 9.17) is 5.73 Å². The summed E-state index contributed by atoms with van der Waals surface area (Å²) in [5.41, 5.74) is 8.48. The van der Waals surface area contributed by atoms with E-state index in [2.05, 4.69) is 5.32 Å². The number of carbonyl (C=O) groups is 1. The van der Waals surface area contributed by atoms with Crippen LogP contribution in [0.15, 0.2) is 18.2 Å². The highest BCUT2D eigenvalue weighted by molar-refractivity contribution is 5.92. The maximum atomic E-state index is 11.2. The topological polar surface area (TPSA) is 55.1 Å². The van der Waals surface area contributed by atoms with Crippen LogP contribution in [0.3, 0.4) is 0 Å². The van der Waals surface area contributed by atoms with Crippen LogP contribution in [0.25, 0.3) is 0 Å². The van der Waals surface area contributed by atoms with E-state index < -0.39 is 0 Å². The smallest absolute Gasteiger partial charge is 0.224 e. The average molecular weight is 192 g/mol. The molecule has 0 bridgehead atoms. The molecule has 0 aliphatic heterocycles. The Morgan fingerprint density at radius 3 is 2.79 bits per heavy atom. The Kier molecular flexibility index (Phi) is 3.65. The van der Waals surface area contributed by atoms with Crippen LogP contribution in [-0.2, 0) is 11.3 Å². The Bertz CT molecular complexity index is 334. The van der Waals surface area contributed by atoms with Crippen LogP contribution in [-0.4, -0.2) is 5.91 Å². The van der Waals surface area contributed by atoms with Crippen molar-refractivity contribution in [3.8, 4) is 0 Å². The van der Waals surface area contributed by atoms with Gasteiger partial charge in [-0.3, -0.25) is 4.79 Å². The number of nitrogens with one attached hydrogen (secondary N) is 1. The van der Waals surface area contributed by atoms with E-state index in [9.17, 15) is 4.79 Å². The average Bonchev–Trinajstić information content (AvgIpc) is 2.20. The molecule has 0 spiro atoms. The van der Waals surface area contributed by atoms with Gasteiger partial charge in [-0.2, -0.15) is 0 Å². The number of nitrogens with two attached hydrogens (primary N) is 1. The van der Waals surface area contributed by atoms with Gasteiger partial charge in [0.15, 0.2) is 0 Å². The molecule has 0 fully saturated rings. The van der Waals surface area contributed by atoms with Crippen molar-refractivity contribution in [3.63, 3.8) is 0 Å². The van der Waals surface area contributed by atoms with E-state index in [-0.39, 0.29) is 5.91 Å². The summed E-state index contributed by atoms with van der Waals surface area (Å²) in [5.74, 6) is 0.0222. The third-order valence-electron chi connectivity index (χ3n) is 2.16. The van der Waals surface area contributed by atoms with E-state index in [0.717, 1.165) is 16.8 Å². The largest absolute Gasteiger partial charge is 0.326 e. The molecule has 0 heterocycles. The molecule has 0 aromatic heterocycles. The van der Waals surface area contributed by atoms with Crippen LogP contribution >= 0.6 is 0 Å². The number of benzene rings is 1. The van der Waals surface area contributed by atoms with Crippen LogP contribution in [0.1, 0.15) is 24.5 Å². The SMILES string of the molecule is CCC(=O)Nc1c(C)cccc1CN. The summed E-state index contributed by atoms with van der Waals surface area (Å²) in [5, 5.41) is 2.86. The Balaban J connectivity index is 2.98. The summed E-state index contributed by atoms with van der Waals surface area (Å²) in [4.78, 5) is 11.2. The van der Waals surface area contributed by atoms with E-state index in [1.165, 1.54) is 0 Å². The van der Waals surface area contributed by atoms with E-state index in [1.54, 1.807) is 0 Å². The molecule has 76 valence electrons. The lowest BCUT2D eigenvalue weighted by Crippen LogP contribution is -2.13. The number of para-hydroxylation sites is 1. The fraction of sp³-hybridized carbons (Fsp3) is 0.364. The van der Waals surface area contributed by atoms with Gasteiger partial charge in [-0.05, 0) is 18.1 Å². The van der Waals surface area contributed by atoms with Crippen LogP contribution < -0.4 is 11.1 Å². The molecule has 0 atom stereocenters. The van der Waals surface area contributed by atoms with Gasteiger partial charge in [-0.25, -0.2) is 0 Å². The Morgan fingerprint density at radius 2 is 2.21 bits per heavy atom. The Labute approximate surface area is 84.3 Å². The molecule has 0 aliphatic rings. The number of anilines is 1. The molecule has 3 N–H and O–H groups in total. The third-order valence-corrected chi connectivity index (χ3v) is 2.16. The molecule has 3 nitrogen and oxygen atoms in total. The van der Waals surface area contributed by atoms with Gasteiger partial charge in [-0.1, -0.05) is 25.1 Å². The fourth-order valence-corrected chi connectivity index (χ4v) is 1.31. The minimum atomic E-state index is 0.0222. The maximum absolute atomic E-state index is 11.2. The first-order chi connectivity index (χ1) is 6.69. The molecular formula is C11H16N2O. The van der Waals surface area contributed by atoms with Crippen LogP contribution in [0, 0.1) is 6.92 Å². The van der Waals surface area contributed by atoms with E-state index in [1.807, 2.05) is 32.0 Å². The van der Waals surface area contributed by atoms with Gasteiger partial charge >= 0.3 is 0 Å². The normalized spacial score (nSPS) is 9.93. The number of hydrogen-bond acceptors (Lipinski definition) is 2. The molecule has 14 heavy (non-hydrogen) atoms. The lowest BCUT2D eigenvalue weighted by Gasteiger charge is -2.11.